The first kappa shape index (κ1) is 24.0. The lowest BCUT2D eigenvalue weighted by Gasteiger charge is -2.39. The average molecular weight is 488 g/mol. The van der Waals surface area contributed by atoms with Crippen LogP contribution in [0.5, 0.6) is 0 Å². The summed E-state index contributed by atoms with van der Waals surface area (Å²) in [5.41, 5.74) is 1.41. The molecule has 2 fully saturated rings. The minimum atomic E-state index is -0.871. The molecule has 4 rings (SSSR count). The van der Waals surface area contributed by atoms with Gasteiger partial charge in [0, 0.05) is 45.0 Å². The van der Waals surface area contributed by atoms with Crippen LogP contribution < -0.4 is 15.5 Å². The zero-order chi connectivity index (χ0) is 24.1. The first-order valence-corrected chi connectivity index (χ1v) is 11.6. The largest absolute Gasteiger partial charge is 0.369 e. The van der Waals surface area contributed by atoms with Gasteiger partial charge >= 0.3 is 0 Å². The van der Waals surface area contributed by atoms with Crippen LogP contribution in [0.1, 0.15) is 6.42 Å². The number of carbonyl (C=O) groups is 3. The molecule has 2 aromatic carbocycles. The normalized spacial score (nSPS) is 19.0. The van der Waals surface area contributed by atoms with Gasteiger partial charge in [-0.1, -0.05) is 23.7 Å². The van der Waals surface area contributed by atoms with Crippen molar-refractivity contribution in [1.82, 2.24) is 15.1 Å². The van der Waals surface area contributed by atoms with Crippen LogP contribution in [0.4, 0.5) is 15.8 Å². The van der Waals surface area contributed by atoms with Crippen molar-refractivity contribution in [2.75, 3.05) is 56.0 Å². The van der Waals surface area contributed by atoms with Gasteiger partial charge in [-0.3, -0.25) is 19.3 Å². The number of hydrogen-bond donors (Lipinski definition) is 2. The SMILES string of the molecule is O=C(CC1C(=O)NCCN1C(=O)CN1CCN(c2ccc(F)cc2)CC1)Nc1ccccc1Cl. The third kappa shape index (κ3) is 5.84. The second kappa shape index (κ2) is 10.8. The van der Waals surface area contributed by atoms with Crippen molar-refractivity contribution in [2.45, 2.75) is 12.5 Å². The van der Waals surface area contributed by atoms with E-state index in [9.17, 15) is 18.8 Å². The van der Waals surface area contributed by atoms with E-state index in [1.54, 1.807) is 36.4 Å². The van der Waals surface area contributed by atoms with E-state index in [4.69, 9.17) is 11.6 Å². The first-order valence-electron chi connectivity index (χ1n) is 11.2. The van der Waals surface area contributed by atoms with Crippen molar-refractivity contribution in [3.05, 3.63) is 59.4 Å². The van der Waals surface area contributed by atoms with Gasteiger partial charge in [0.2, 0.25) is 17.7 Å². The minimum Gasteiger partial charge on any atom is -0.369 e. The molecule has 0 bridgehead atoms. The lowest BCUT2D eigenvalue weighted by molar-refractivity contribution is -0.145. The number of nitrogens with zero attached hydrogens (tertiary/aromatic N) is 3. The monoisotopic (exact) mass is 487 g/mol. The number of amides is 3. The highest BCUT2D eigenvalue weighted by molar-refractivity contribution is 6.33. The Hall–Kier alpha value is -3.17. The predicted octanol–water partition coefficient (Wildman–Crippen LogP) is 1.96. The Morgan fingerprint density at radius 1 is 1.03 bits per heavy atom. The Kier molecular flexibility index (Phi) is 7.64. The average Bonchev–Trinajstić information content (AvgIpc) is 2.83. The van der Waals surface area contributed by atoms with Gasteiger partial charge in [0.05, 0.1) is 23.7 Å². The summed E-state index contributed by atoms with van der Waals surface area (Å²) < 4.78 is 13.2. The summed E-state index contributed by atoms with van der Waals surface area (Å²) in [5, 5.41) is 5.86. The number of nitrogens with one attached hydrogen (secondary N) is 2. The Morgan fingerprint density at radius 3 is 2.44 bits per heavy atom. The van der Waals surface area contributed by atoms with E-state index in [0.717, 1.165) is 5.69 Å². The number of carbonyl (C=O) groups excluding carboxylic acids is 3. The lowest BCUT2D eigenvalue weighted by Crippen LogP contribution is -2.60. The standard InChI is InChI=1S/C24H27ClFN5O3/c25-19-3-1-2-4-20(19)28-22(32)15-21-24(34)27-9-10-31(21)23(33)16-29-11-13-30(14-12-29)18-7-5-17(26)6-8-18/h1-8,21H,9-16H2,(H,27,34)(H,28,32). The van der Waals surface area contributed by atoms with E-state index in [1.165, 1.54) is 17.0 Å². The molecule has 8 nitrogen and oxygen atoms in total. The highest BCUT2D eigenvalue weighted by atomic mass is 35.5. The molecule has 1 unspecified atom stereocenters. The highest BCUT2D eigenvalue weighted by Gasteiger charge is 2.35. The molecule has 0 aliphatic carbocycles. The van der Waals surface area contributed by atoms with Crippen LogP contribution in [-0.4, -0.2) is 79.4 Å². The fourth-order valence-electron chi connectivity index (χ4n) is 4.25. The maximum absolute atomic E-state index is 13.2. The second-order valence-corrected chi connectivity index (χ2v) is 8.77. The quantitative estimate of drug-likeness (QED) is 0.650. The van der Waals surface area contributed by atoms with Crippen molar-refractivity contribution in [1.29, 1.82) is 0 Å². The van der Waals surface area contributed by atoms with E-state index < -0.39 is 6.04 Å². The van der Waals surface area contributed by atoms with Gasteiger partial charge in [-0.15, -0.1) is 0 Å². The molecule has 2 aliphatic rings. The molecule has 2 N–H and O–H groups in total. The number of anilines is 2. The molecule has 2 aliphatic heterocycles. The third-order valence-electron chi connectivity index (χ3n) is 6.10. The third-order valence-corrected chi connectivity index (χ3v) is 6.43. The van der Waals surface area contributed by atoms with Crippen molar-refractivity contribution >= 4 is 40.7 Å². The maximum Gasteiger partial charge on any atom is 0.243 e. The van der Waals surface area contributed by atoms with Crippen LogP contribution in [0, 0.1) is 5.82 Å². The fourth-order valence-corrected chi connectivity index (χ4v) is 4.44. The van der Waals surface area contributed by atoms with Crippen molar-refractivity contribution < 1.29 is 18.8 Å². The van der Waals surface area contributed by atoms with Gasteiger partial charge in [-0.2, -0.15) is 0 Å². The van der Waals surface area contributed by atoms with Crippen LogP contribution in [0.15, 0.2) is 48.5 Å². The number of halogens is 2. The van der Waals surface area contributed by atoms with Gasteiger partial charge in [0.25, 0.3) is 0 Å². The summed E-state index contributed by atoms with van der Waals surface area (Å²) in [7, 11) is 0. The van der Waals surface area contributed by atoms with Gasteiger partial charge in [0.15, 0.2) is 0 Å². The number of para-hydroxylation sites is 1. The van der Waals surface area contributed by atoms with Gasteiger partial charge < -0.3 is 20.4 Å². The second-order valence-electron chi connectivity index (χ2n) is 8.37. The molecule has 0 spiro atoms. The Morgan fingerprint density at radius 2 is 1.74 bits per heavy atom. The van der Waals surface area contributed by atoms with Crippen LogP contribution in [0.2, 0.25) is 5.02 Å². The van der Waals surface area contributed by atoms with Crippen LogP contribution in [-0.2, 0) is 14.4 Å². The van der Waals surface area contributed by atoms with Crippen LogP contribution in [0.3, 0.4) is 0 Å². The zero-order valence-corrected chi connectivity index (χ0v) is 19.4. The summed E-state index contributed by atoms with van der Waals surface area (Å²) in [6.45, 7) is 3.64. The number of hydrogen-bond acceptors (Lipinski definition) is 5. The van der Waals surface area contributed by atoms with Crippen LogP contribution in [0.25, 0.3) is 0 Å². The zero-order valence-electron chi connectivity index (χ0n) is 18.7. The molecule has 2 aromatic rings. The summed E-state index contributed by atoms with van der Waals surface area (Å²) >= 11 is 6.10. The highest BCUT2D eigenvalue weighted by Crippen LogP contribution is 2.22. The van der Waals surface area contributed by atoms with E-state index in [0.29, 0.717) is 50.0 Å². The Labute approximate surface area is 202 Å². The smallest absolute Gasteiger partial charge is 0.243 e. The van der Waals surface area contributed by atoms with Crippen molar-refractivity contribution in [3.8, 4) is 0 Å². The summed E-state index contributed by atoms with van der Waals surface area (Å²) in [6, 6.07) is 12.4. The molecule has 2 heterocycles. The van der Waals surface area contributed by atoms with Crippen molar-refractivity contribution in [3.63, 3.8) is 0 Å². The molecule has 180 valence electrons. The molecular formula is C24H27ClFN5O3. The van der Waals surface area contributed by atoms with E-state index >= 15 is 0 Å². The fraction of sp³-hybridized carbons (Fsp3) is 0.375. The maximum atomic E-state index is 13.2. The predicted molar refractivity (Wildman–Crippen MR) is 128 cm³/mol. The number of piperazine rings is 2. The molecule has 0 saturated carbocycles. The van der Waals surface area contributed by atoms with E-state index in [-0.39, 0.29) is 36.5 Å². The van der Waals surface area contributed by atoms with E-state index in [1.807, 2.05) is 4.90 Å². The van der Waals surface area contributed by atoms with Gasteiger partial charge in [-0.05, 0) is 36.4 Å². The lowest BCUT2D eigenvalue weighted by atomic mass is 10.1. The summed E-state index contributed by atoms with van der Waals surface area (Å²) in [4.78, 5) is 43.9. The minimum absolute atomic E-state index is 0.152. The van der Waals surface area contributed by atoms with Gasteiger partial charge in [-0.25, -0.2) is 4.39 Å². The van der Waals surface area contributed by atoms with Crippen molar-refractivity contribution in [2.24, 2.45) is 0 Å². The van der Waals surface area contributed by atoms with Gasteiger partial charge in [0.1, 0.15) is 11.9 Å². The van der Waals surface area contributed by atoms with Crippen LogP contribution >= 0.6 is 11.6 Å². The van der Waals surface area contributed by atoms with E-state index in [2.05, 4.69) is 15.5 Å². The molecule has 0 radical (unpaired) electrons. The molecule has 3 amide bonds. The molecule has 1 atom stereocenters. The summed E-state index contributed by atoms with van der Waals surface area (Å²) in [6.07, 6.45) is -0.152. The molecule has 2 saturated heterocycles. The molecular weight excluding hydrogens is 461 g/mol. The number of rotatable bonds is 6. The molecule has 0 aromatic heterocycles. The Balaban J connectivity index is 1.32. The first-order chi connectivity index (χ1) is 16.4. The molecule has 10 heteroatoms. The topological polar surface area (TPSA) is 85.0 Å². The Bertz CT molecular complexity index is 1040. The number of benzene rings is 2. The summed E-state index contributed by atoms with van der Waals surface area (Å²) in [5.74, 6) is -1.18. The molecule has 34 heavy (non-hydrogen) atoms.